The van der Waals surface area contributed by atoms with Gasteiger partial charge in [0.2, 0.25) is 0 Å². The summed E-state index contributed by atoms with van der Waals surface area (Å²) in [5.41, 5.74) is 1.15. The zero-order chi connectivity index (χ0) is 11.5. The van der Waals surface area contributed by atoms with Crippen molar-refractivity contribution >= 4 is 10.8 Å². The van der Waals surface area contributed by atoms with Crippen molar-refractivity contribution in [2.75, 3.05) is 18.6 Å². The van der Waals surface area contributed by atoms with Gasteiger partial charge in [-0.15, -0.1) is 0 Å². The van der Waals surface area contributed by atoms with Crippen molar-refractivity contribution in [2.45, 2.75) is 19.0 Å². The van der Waals surface area contributed by atoms with Crippen LogP contribution in [0.4, 0.5) is 0 Å². The van der Waals surface area contributed by atoms with Gasteiger partial charge in [-0.25, -0.2) is 0 Å². The van der Waals surface area contributed by atoms with E-state index in [9.17, 15) is 4.21 Å². The van der Waals surface area contributed by atoms with E-state index in [1.807, 2.05) is 18.2 Å². The summed E-state index contributed by atoms with van der Waals surface area (Å²) in [7, 11) is 0.948. The maximum absolute atomic E-state index is 11.7. The average Bonchev–Trinajstić information content (AvgIpc) is 2.28. The quantitative estimate of drug-likeness (QED) is 0.849. The minimum absolute atomic E-state index is 0.180. The van der Waals surface area contributed by atoms with E-state index in [0.717, 1.165) is 17.1 Å². The molecule has 88 valence electrons. The van der Waals surface area contributed by atoms with Gasteiger partial charge >= 0.3 is 0 Å². The van der Waals surface area contributed by atoms with Gasteiger partial charge in [-0.1, -0.05) is 12.1 Å². The summed E-state index contributed by atoms with van der Waals surface area (Å²) in [6.45, 7) is 2.07. The van der Waals surface area contributed by atoms with Gasteiger partial charge < -0.3 is 10.1 Å². The lowest BCUT2D eigenvalue weighted by Crippen LogP contribution is -2.43. The third kappa shape index (κ3) is 2.62. The van der Waals surface area contributed by atoms with E-state index in [2.05, 4.69) is 18.3 Å². The molecule has 3 atom stereocenters. The van der Waals surface area contributed by atoms with Gasteiger partial charge in [0, 0.05) is 34.4 Å². The van der Waals surface area contributed by atoms with Crippen LogP contribution >= 0.6 is 0 Å². The second kappa shape index (κ2) is 4.97. The van der Waals surface area contributed by atoms with Gasteiger partial charge in [0.1, 0.15) is 5.75 Å². The number of hydrogen-bond acceptors (Lipinski definition) is 3. The monoisotopic (exact) mass is 239 g/mol. The van der Waals surface area contributed by atoms with Crippen molar-refractivity contribution in [1.29, 1.82) is 0 Å². The minimum atomic E-state index is -0.713. The number of benzene rings is 1. The van der Waals surface area contributed by atoms with Crippen molar-refractivity contribution in [3.63, 3.8) is 0 Å². The van der Waals surface area contributed by atoms with Crippen LogP contribution in [0, 0.1) is 0 Å². The molecule has 0 aromatic heterocycles. The van der Waals surface area contributed by atoms with E-state index in [-0.39, 0.29) is 6.04 Å². The van der Waals surface area contributed by atoms with Crippen molar-refractivity contribution in [3.8, 4) is 5.75 Å². The van der Waals surface area contributed by atoms with Crippen LogP contribution in [0.15, 0.2) is 24.3 Å². The zero-order valence-corrected chi connectivity index (χ0v) is 10.4. The summed E-state index contributed by atoms with van der Waals surface area (Å²) in [5.74, 6) is 2.29. The molecular weight excluding hydrogens is 222 g/mol. The fourth-order valence-corrected chi connectivity index (χ4v) is 3.47. The van der Waals surface area contributed by atoms with E-state index in [1.165, 1.54) is 0 Å². The molecule has 0 spiro atoms. The second-order valence-electron chi connectivity index (χ2n) is 4.17. The molecule has 1 saturated heterocycles. The first kappa shape index (κ1) is 11.6. The Bertz CT molecular complexity index is 394. The third-order valence-corrected chi connectivity index (χ3v) is 4.35. The lowest BCUT2D eigenvalue weighted by Gasteiger charge is -2.28. The molecule has 1 fully saturated rings. The van der Waals surface area contributed by atoms with Gasteiger partial charge in [-0.3, -0.25) is 4.21 Å². The molecule has 1 heterocycles. The van der Waals surface area contributed by atoms with Crippen LogP contribution in [0.5, 0.6) is 5.75 Å². The number of methoxy groups -OCH3 is 1. The molecule has 3 unspecified atom stereocenters. The van der Waals surface area contributed by atoms with Gasteiger partial charge in [0.05, 0.1) is 7.11 Å². The largest absolute Gasteiger partial charge is 0.497 e. The maximum atomic E-state index is 11.7. The highest BCUT2D eigenvalue weighted by molar-refractivity contribution is 7.85. The van der Waals surface area contributed by atoms with E-state index in [1.54, 1.807) is 7.11 Å². The molecule has 0 bridgehead atoms. The number of ether oxygens (including phenoxy) is 1. The summed E-state index contributed by atoms with van der Waals surface area (Å²) in [5, 5.41) is 3.47. The molecule has 1 aliphatic heterocycles. The SMILES string of the molecule is COc1cccc(C2CS(=O)CC(C)N2)c1. The van der Waals surface area contributed by atoms with Crippen molar-refractivity contribution in [3.05, 3.63) is 29.8 Å². The molecule has 1 aliphatic rings. The molecule has 1 aromatic rings. The summed E-state index contributed by atoms with van der Waals surface area (Å²) in [6, 6.07) is 8.44. The Labute approximate surface area is 98.7 Å². The fourth-order valence-electron chi connectivity index (χ4n) is 2.02. The van der Waals surface area contributed by atoms with Gasteiger partial charge in [0.15, 0.2) is 0 Å². The van der Waals surface area contributed by atoms with Crippen LogP contribution < -0.4 is 10.1 Å². The lowest BCUT2D eigenvalue weighted by atomic mass is 10.1. The lowest BCUT2D eigenvalue weighted by molar-refractivity contribution is 0.412. The molecule has 0 aliphatic carbocycles. The van der Waals surface area contributed by atoms with Gasteiger partial charge in [-0.05, 0) is 24.6 Å². The highest BCUT2D eigenvalue weighted by Gasteiger charge is 2.24. The third-order valence-electron chi connectivity index (χ3n) is 2.77. The number of nitrogens with one attached hydrogen (secondary N) is 1. The number of rotatable bonds is 2. The summed E-state index contributed by atoms with van der Waals surface area (Å²) < 4.78 is 16.8. The normalized spacial score (nSPS) is 30.0. The maximum Gasteiger partial charge on any atom is 0.119 e. The molecule has 1 aromatic carbocycles. The van der Waals surface area contributed by atoms with E-state index >= 15 is 0 Å². The van der Waals surface area contributed by atoms with Crippen LogP contribution in [-0.2, 0) is 10.8 Å². The minimum Gasteiger partial charge on any atom is -0.497 e. The summed E-state index contributed by atoms with van der Waals surface area (Å²) in [6.07, 6.45) is 0. The molecular formula is C12H17NO2S. The molecule has 0 saturated carbocycles. The Kier molecular flexibility index (Phi) is 3.61. The smallest absolute Gasteiger partial charge is 0.119 e. The average molecular weight is 239 g/mol. The number of hydrogen-bond donors (Lipinski definition) is 1. The van der Waals surface area contributed by atoms with Crippen molar-refractivity contribution in [1.82, 2.24) is 5.32 Å². The van der Waals surface area contributed by atoms with Crippen LogP contribution in [0.2, 0.25) is 0 Å². The molecule has 1 N–H and O–H groups in total. The predicted octanol–water partition coefficient (Wildman–Crippen LogP) is 1.48. The Balaban J connectivity index is 2.19. The Hall–Kier alpha value is -0.870. The van der Waals surface area contributed by atoms with Crippen LogP contribution in [0.25, 0.3) is 0 Å². The van der Waals surface area contributed by atoms with Crippen LogP contribution in [-0.4, -0.2) is 28.9 Å². The molecule has 2 rings (SSSR count). The first-order chi connectivity index (χ1) is 7.69. The predicted molar refractivity (Wildman–Crippen MR) is 66.2 cm³/mol. The molecule has 3 nitrogen and oxygen atoms in total. The first-order valence-electron chi connectivity index (χ1n) is 5.44. The summed E-state index contributed by atoms with van der Waals surface area (Å²) in [4.78, 5) is 0. The molecule has 4 heteroatoms. The van der Waals surface area contributed by atoms with E-state index < -0.39 is 10.8 Å². The Morgan fingerprint density at radius 3 is 2.94 bits per heavy atom. The van der Waals surface area contributed by atoms with Crippen LogP contribution in [0.1, 0.15) is 18.5 Å². The van der Waals surface area contributed by atoms with Crippen molar-refractivity contribution in [2.24, 2.45) is 0 Å². The van der Waals surface area contributed by atoms with E-state index in [4.69, 9.17) is 4.74 Å². The zero-order valence-electron chi connectivity index (χ0n) is 9.60. The topological polar surface area (TPSA) is 38.3 Å². The highest BCUT2D eigenvalue weighted by Crippen LogP contribution is 2.22. The molecule has 16 heavy (non-hydrogen) atoms. The van der Waals surface area contributed by atoms with Gasteiger partial charge in [0.25, 0.3) is 0 Å². The first-order valence-corrected chi connectivity index (χ1v) is 6.93. The summed E-state index contributed by atoms with van der Waals surface area (Å²) >= 11 is 0. The van der Waals surface area contributed by atoms with Crippen molar-refractivity contribution < 1.29 is 8.95 Å². The van der Waals surface area contributed by atoms with E-state index in [0.29, 0.717) is 11.8 Å². The standard InChI is InChI=1S/C12H17NO2S/c1-9-7-16(14)8-12(13-9)10-4-3-5-11(6-10)15-2/h3-6,9,12-13H,7-8H2,1-2H3. The van der Waals surface area contributed by atoms with Crippen LogP contribution in [0.3, 0.4) is 0 Å². The fraction of sp³-hybridized carbons (Fsp3) is 0.500. The Morgan fingerprint density at radius 1 is 1.44 bits per heavy atom. The van der Waals surface area contributed by atoms with Gasteiger partial charge in [-0.2, -0.15) is 0 Å². The second-order valence-corrected chi connectivity index (χ2v) is 5.72. The molecule has 0 amide bonds. The molecule has 0 radical (unpaired) electrons. The Morgan fingerprint density at radius 2 is 2.25 bits per heavy atom. The highest BCUT2D eigenvalue weighted by atomic mass is 32.2.